The van der Waals surface area contributed by atoms with Gasteiger partial charge in [0.15, 0.2) is 0 Å². The van der Waals surface area contributed by atoms with Crippen LogP contribution in [0.1, 0.15) is 11.4 Å². The van der Waals surface area contributed by atoms with Crippen LogP contribution in [0.2, 0.25) is 0 Å². The first-order chi connectivity index (χ1) is 8.06. The zero-order valence-corrected chi connectivity index (χ0v) is 10.5. The second-order valence-corrected chi connectivity index (χ2v) is 4.13. The molecule has 0 amide bonds. The van der Waals surface area contributed by atoms with Gasteiger partial charge in [0.1, 0.15) is 16.6 Å². The van der Waals surface area contributed by atoms with E-state index >= 15 is 0 Å². The lowest BCUT2D eigenvalue weighted by atomic mass is 10.3. The molecule has 0 bridgehead atoms. The predicted molar refractivity (Wildman–Crippen MR) is 71.4 cm³/mol. The van der Waals surface area contributed by atoms with E-state index in [9.17, 15) is 0 Å². The molecule has 0 fully saturated rings. The van der Waals surface area contributed by atoms with E-state index in [0.717, 1.165) is 11.5 Å². The fourth-order valence-electron chi connectivity index (χ4n) is 1.50. The maximum absolute atomic E-state index is 5.53. The average molecular weight is 247 g/mol. The highest BCUT2D eigenvalue weighted by atomic mass is 32.1. The van der Waals surface area contributed by atoms with E-state index in [0.29, 0.717) is 11.5 Å². The van der Waals surface area contributed by atoms with E-state index in [2.05, 4.69) is 15.4 Å². The first-order valence-corrected chi connectivity index (χ1v) is 5.51. The summed E-state index contributed by atoms with van der Waals surface area (Å²) in [6.07, 6.45) is 0. The highest BCUT2D eigenvalue weighted by Gasteiger charge is 2.04. The Kier molecular flexibility index (Phi) is 3.06. The van der Waals surface area contributed by atoms with Gasteiger partial charge in [-0.25, -0.2) is 4.98 Å². The summed E-state index contributed by atoms with van der Waals surface area (Å²) in [5.74, 6) is 1.56. The van der Waals surface area contributed by atoms with Crippen molar-refractivity contribution in [1.29, 1.82) is 0 Å². The number of thiocarbonyl (C=S) groups is 1. The Labute approximate surface area is 105 Å². The van der Waals surface area contributed by atoms with Crippen molar-refractivity contribution in [3.05, 3.63) is 35.7 Å². The van der Waals surface area contributed by atoms with Gasteiger partial charge < -0.3 is 11.1 Å². The summed E-state index contributed by atoms with van der Waals surface area (Å²) in [6.45, 7) is 1.93. The highest BCUT2D eigenvalue weighted by Crippen LogP contribution is 2.15. The number of hydrogen-bond acceptors (Lipinski definition) is 4. The van der Waals surface area contributed by atoms with Crippen LogP contribution in [0.25, 0.3) is 0 Å². The number of aryl methyl sites for hydroxylation is 2. The number of anilines is 2. The number of rotatable bonds is 3. The molecule has 3 N–H and O–H groups in total. The topological polar surface area (TPSA) is 68.8 Å². The van der Waals surface area contributed by atoms with Gasteiger partial charge in [0.05, 0.1) is 11.4 Å². The van der Waals surface area contributed by atoms with Crippen molar-refractivity contribution in [1.82, 2.24) is 14.8 Å². The van der Waals surface area contributed by atoms with Gasteiger partial charge in [-0.2, -0.15) is 5.10 Å². The van der Waals surface area contributed by atoms with Gasteiger partial charge in [-0.15, -0.1) is 0 Å². The molecule has 2 aromatic heterocycles. The molecule has 2 aromatic rings. The Morgan fingerprint density at radius 2 is 2.24 bits per heavy atom. The highest BCUT2D eigenvalue weighted by molar-refractivity contribution is 7.80. The van der Waals surface area contributed by atoms with E-state index in [4.69, 9.17) is 18.0 Å². The summed E-state index contributed by atoms with van der Waals surface area (Å²) in [6, 6.07) is 7.42. The largest absolute Gasteiger partial charge is 0.388 e. The van der Waals surface area contributed by atoms with Crippen molar-refractivity contribution in [2.75, 3.05) is 5.32 Å². The molecule has 0 spiro atoms. The van der Waals surface area contributed by atoms with Crippen molar-refractivity contribution < 1.29 is 0 Å². The average Bonchev–Trinajstić information content (AvgIpc) is 2.58. The molecular weight excluding hydrogens is 234 g/mol. The van der Waals surface area contributed by atoms with Gasteiger partial charge in [0, 0.05) is 13.1 Å². The summed E-state index contributed by atoms with van der Waals surface area (Å²) in [4.78, 5) is 4.59. The molecule has 0 atom stereocenters. The first kappa shape index (κ1) is 11.5. The lowest BCUT2D eigenvalue weighted by Crippen LogP contribution is -2.12. The Balaban J connectivity index is 2.27. The summed E-state index contributed by atoms with van der Waals surface area (Å²) in [5, 5.41) is 7.40. The number of pyridine rings is 1. The van der Waals surface area contributed by atoms with Crippen molar-refractivity contribution in [3.63, 3.8) is 0 Å². The minimum atomic E-state index is 0.287. The minimum absolute atomic E-state index is 0.287. The molecule has 17 heavy (non-hydrogen) atoms. The van der Waals surface area contributed by atoms with Gasteiger partial charge in [-0.3, -0.25) is 4.68 Å². The Hall–Kier alpha value is -1.95. The second kappa shape index (κ2) is 4.50. The van der Waals surface area contributed by atoms with Crippen molar-refractivity contribution >= 4 is 28.8 Å². The van der Waals surface area contributed by atoms with Gasteiger partial charge >= 0.3 is 0 Å². The zero-order chi connectivity index (χ0) is 12.4. The Bertz CT molecular complexity index is 561. The first-order valence-electron chi connectivity index (χ1n) is 5.11. The molecule has 0 radical (unpaired) electrons. The third-order valence-corrected chi connectivity index (χ3v) is 2.47. The monoisotopic (exact) mass is 247 g/mol. The lowest BCUT2D eigenvalue weighted by Gasteiger charge is -2.06. The SMILES string of the molecule is Cc1cc(Nc2cccc(C(N)=S)n2)n(C)n1. The molecule has 0 saturated carbocycles. The van der Waals surface area contributed by atoms with E-state index in [-0.39, 0.29) is 4.99 Å². The van der Waals surface area contributed by atoms with Crippen LogP contribution in [-0.2, 0) is 7.05 Å². The summed E-state index contributed by atoms with van der Waals surface area (Å²) < 4.78 is 1.75. The van der Waals surface area contributed by atoms with Crippen molar-refractivity contribution in [3.8, 4) is 0 Å². The molecule has 88 valence electrons. The zero-order valence-electron chi connectivity index (χ0n) is 9.64. The molecule has 6 heteroatoms. The van der Waals surface area contributed by atoms with Gasteiger partial charge in [-0.05, 0) is 19.1 Å². The number of hydrogen-bond donors (Lipinski definition) is 2. The number of aromatic nitrogens is 3. The normalized spacial score (nSPS) is 10.2. The fourth-order valence-corrected chi connectivity index (χ4v) is 1.61. The second-order valence-electron chi connectivity index (χ2n) is 3.69. The van der Waals surface area contributed by atoms with Gasteiger partial charge in [0.2, 0.25) is 0 Å². The predicted octanol–water partition coefficient (Wildman–Crippen LogP) is 1.50. The van der Waals surface area contributed by atoms with Gasteiger partial charge in [0.25, 0.3) is 0 Å². The summed E-state index contributed by atoms with van der Waals surface area (Å²) in [7, 11) is 1.87. The molecule has 0 saturated heterocycles. The fraction of sp³-hybridized carbons (Fsp3) is 0.182. The van der Waals surface area contributed by atoms with Gasteiger partial charge in [-0.1, -0.05) is 18.3 Å². The Morgan fingerprint density at radius 1 is 1.47 bits per heavy atom. The van der Waals surface area contributed by atoms with Crippen molar-refractivity contribution in [2.24, 2.45) is 12.8 Å². The van der Waals surface area contributed by atoms with E-state index in [1.807, 2.05) is 32.2 Å². The quantitative estimate of drug-likeness (QED) is 0.804. The molecule has 0 unspecified atom stereocenters. The molecule has 0 aromatic carbocycles. The Morgan fingerprint density at radius 3 is 2.82 bits per heavy atom. The minimum Gasteiger partial charge on any atom is -0.388 e. The third kappa shape index (κ3) is 2.59. The molecule has 2 rings (SSSR count). The standard InChI is InChI=1S/C11H13N5S/c1-7-6-10(16(2)15-7)14-9-5-3-4-8(13-9)11(12)17/h3-6H,1-2H3,(H2,12,17)(H,13,14). The maximum atomic E-state index is 5.53. The van der Waals surface area contributed by atoms with Crippen LogP contribution in [0.5, 0.6) is 0 Å². The molecular formula is C11H13N5S. The van der Waals surface area contributed by atoms with Crippen LogP contribution >= 0.6 is 12.2 Å². The summed E-state index contributed by atoms with van der Waals surface area (Å²) in [5.41, 5.74) is 7.08. The molecule has 5 nitrogen and oxygen atoms in total. The van der Waals surface area contributed by atoms with Crippen LogP contribution in [0.15, 0.2) is 24.3 Å². The van der Waals surface area contributed by atoms with Crippen LogP contribution in [-0.4, -0.2) is 19.8 Å². The smallest absolute Gasteiger partial charge is 0.132 e. The lowest BCUT2D eigenvalue weighted by molar-refractivity contribution is 0.764. The number of nitrogens with one attached hydrogen (secondary N) is 1. The maximum Gasteiger partial charge on any atom is 0.132 e. The van der Waals surface area contributed by atoms with Crippen LogP contribution in [0.4, 0.5) is 11.6 Å². The van der Waals surface area contributed by atoms with Crippen LogP contribution in [0.3, 0.4) is 0 Å². The molecule has 2 heterocycles. The third-order valence-electron chi connectivity index (χ3n) is 2.26. The molecule has 0 aliphatic carbocycles. The number of nitrogens with zero attached hydrogens (tertiary/aromatic N) is 3. The van der Waals surface area contributed by atoms with Crippen molar-refractivity contribution in [2.45, 2.75) is 6.92 Å². The molecule has 0 aliphatic heterocycles. The summed E-state index contributed by atoms with van der Waals surface area (Å²) >= 11 is 4.89. The number of nitrogens with two attached hydrogens (primary N) is 1. The van der Waals surface area contributed by atoms with E-state index < -0.39 is 0 Å². The van der Waals surface area contributed by atoms with Crippen LogP contribution in [0, 0.1) is 6.92 Å². The van der Waals surface area contributed by atoms with E-state index in [1.54, 1.807) is 10.7 Å². The van der Waals surface area contributed by atoms with E-state index in [1.165, 1.54) is 0 Å². The van der Waals surface area contributed by atoms with Crippen LogP contribution < -0.4 is 11.1 Å². The molecule has 0 aliphatic rings.